The predicted octanol–water partition coefficient (Wildman–Crippen LogP) is 3.65. The van der Waals surface area contributed by atoms with E-state index in [1.807, 2.05) is 0 Å². The van der Waals surface area contributed by atoms with Gasteiger partial charge in [0, 0.05) is 18.3 Å². The van der Waals surface area contributed by atoms with Gasteiger partial charge in [-0.05, 0) is 30.3 Å². The van der Waals surface area contributed by atoms with E-state index in [-0.39, 0.29) is 28.0 Å². The summed E-state index contributed by atoms with van der Waals surface area (Å²) in [7, 11) is -2.37. The van der Waals surface area contributed by atoms with Crippen LogP contribution >= 0.6 is 23.2 Å². The molecule has 2 rings (SSSR count). The Morgan fingerprint density at radius 1 is 1.15 bits per heavy atom. The quantitative estimate of drug-likeness (QED) is 0.746. The van der Waals surface area contributed by atoms with Gasteiger partial charge in [-0.15, -0.1) is 0 Å². The molecule has 0 heterocycles. The predicted molar refractivity (Wildman–Crippen MR) is 103 cm³/mol. The lowest BCUT2D eigenvalue weighted by atomic mass is 10.3. The third-order valence-electron chi connectivity index (χ3n) is 3.56. The maximum atomic E-state index is 12.7. The first-order chi connectivity index (χ1) is 12.3. The maximum absolute atomic E-state index is 12.7. The van der Waals surface area contributed by atoms with Crippen molar-refractivity contribution in [1.82, 2.24) is 4.31 Å². The minimum Gasteiger partial charge on any atom is -0.497 e. The van der Waals surface area contributed by atoms with Crippen molar-refractivity contribution in [2.45, 2.75) is 11.8 Å². The second kappa shape index (κ2) is 8.73. The number of amides is 1. The lowest BCUT2D eigenvalue weighted by Gasteiger charge is -2.20. The summed E-state index contributed by atoms with van der Waals surface area (Å²) in [5.41, 5.74) is 0.511. The molecule has 6 nitrogen and oxygen atoms in total. The summed E-state index contributed by atoms with van der Waals surface area (Å²) in [6.45, 7) is 1.43. The number of anilines is 1. The van der Waals surface area contributed by atoms with Gasteiger partial charge in [0.1, 0.15) is 5.75 Å². The minimum atomic E-state index is -3.89. The third-order valence-corrected chi connectivity index (χ3v) is 6.21. The van der Waals surface area contributed by atoms with Gasteiger partial charge in [0.15, 0.2) is 0 Å². The Morgan fingerprint density at radius 3 is 2.50 bits per heavy atom. The van der Waals surface area contributed by atoms with Crippen LogP contribution in [0.4, 0.5) is 5.69 Å². The Labute approximate surface area is 162 Å². The van der Waals surface area contributed by atoms with Gasteiger partial charge in [0.25, 0.3) is 0 Å². The van der Waals surface area contributed by atoms with E-state index in [0.29, 0.717) is 11.4 Å². The second-order valence-electron chi connectivity index (χ2n) is 5.29. The van der Waals surface area contributed by atoms with Crippen LogP contribution in [0.2, 0.25) is 10.0 Å². The van der Waals surface area contributed by atoms with Crippen LogP contribution in [0.25, 0.3) is 0 Å². The highest BCUT2D eigenvalue weighted by atomic mass is 35.5. The molecule has 26 heavy (non-hydrogen) atoms. The molecule has 0 aromatic heterocycles. The average molecular weight is 417 g/mol. The first-order valence-corrected chi connectivity index (χ1v) is 9.86. The van der Waals surface area contributed by atoms with Crippen molar-refractivity contribution >= 4 is 44.8 Å². The van der Waals surface area contributed by atoms with E-state index in [4.69, 9.17) is 27.9 Å². The van der Waals surface area contributed by atoms with E-state index in [0.717, 1.165) is 4.31 Å². The molecule has 0 atom stereocenters. The van der Waals surface area contributed by atoms with Crippen LogP contribution in [0.3, 0.4) is 0 Å². The fourth-order valence-corrected chi connectivity index (χ4v) is 4.01. The number of ether oxygens (including phenoxy) is 1. The molecule has 2 aromatic carbocycles. The Kier molecular flexibility index (Phi) is 6.88. The molecule has 0 spiro atoms. The molecule has 0 saturated carbocycles. The fraction of sp³-hybridized carbons (Fsp3) is 0.235. The number of sulfonamides is 1. The molecule has 140 valence electrons. The number of rotatable bonds is 7. The Morgan fingerprint density at radius 2 is 1.88 bits per heavy atom. The normalized spacial score (nSPS) is 11.4. The number of hydrogen-bond acceptors (Lipinski definition) is 4. The molecule has 0 radical (unpaired) electrons. The van der Waals surface area contributed by atoms with Crippen molar-refractivity contribution in [1.29, 1.82) is 0 Å². The van der Waals surface area contributed by atoms with Crippen molar-refractivity contribution in [3.05, 3.63) is 52.5 Å². The first-order valence-electron chi connectivity index (χ1n) is 7.67. The van der Waals surface area contributed by atoms with Gasteiger partial charge in [-0.2, -0.15) is 4.31 Å². The first kappa shape index (κ1) is 20.5. The topological polar surface area (TPSA) is 75.7 Å². The van der Waals surface area contributed by atoms with Gasteiger partial charge in [-0.25, -0.2) is 8.42 Å². The van der Waals surface area contributed by atoms with Crippen LogP contribution in [-0.4, -0.2) is 38.8 Å². The number of nitrogens with one attached hydrogen (secondary N) is 1. The molecule has 0 fully saturated rings. The third kappa shape index (κ3) is 4.88. The number of methoxy groups -OCH3 is 1. The summed E-state index contributed by atoms with van der Waals surface area (Å²) in [4.78, 5) is 12.3. The van der Waals surface area contributed by atoms with E-state index in [1.54, 1.807) is 31.2 Å². The molecular weight excluding hydrogens is 399 g/mol. The van der Waals surface area contributed by atoms with Gasteiger partial charge in [-0.1, -0.05) is 36.2 Å². The van der Waals surface area contributed by atoms with E-state index >= 15 is 0 Å². The zero-order valence-corrected chi connectivity index (χ0v) is 16.5. The van der Waals surface area contributed by atoms with Crippen LogP contribution in [0.5, 0.6) is 5.75 Å². The zero-order valence-electron chi connectivity index (χ0n) is 14.2. The molecule has 0 aliphatic rings. The molecule has 1 N–H and O–H groups in total. The number of likely N-dealkylation sites (N-methyl/N-ethyl adjacent to an activating group) is 1. The van der Waals surface area contributed by atoms with Gasteiger partial charge < -0.3 is 10.1 Å². The van der Waals surface area contributed by atoms with Crippen LogP contribution in [0.1, 0.15) is 6.92 Å². The highest BCUT2D eigenvalue weighted by molar-refractivity contribution is 7.89. The van der Waals surface area contributed by atoms with Crippen molar-refractivity contribution < 1.29 is 17.9 Å². The number of benzene rings is 2. The van der Waals surface area contributed by atoms with Crippen LogP contribution in [-0.2, 0) is 14.8 Å². The lowest BCUT2D eigenvalue weighted by molar-refractivity contribution is -0.116. The van der Waals surface area contributed by atoms with Crippen molar-refractivity contribution in [3.63, 3.8) is 0 Å². The monoisotopic (exact) mass is 416 g/mol. The van der Waals surface area contributed by atoms with E-state index in [9.17, 15) is 13.2 Å². The summed E-state index contributed by atoms with van der Waals surface area (Å²) in [6, 6.07) is 10.8. The van der Waals surface area contributed by atoms with Crippen molar-refractivity contribution in [3.8, 4) is 5.75 Å². The van der Waals surface area contributed by atoms with Crippen molar-refractivity contribution in [2.24, 2.45) is 0 Å². The smallest absolute Gasteiger partial charge is 0.243 e. The molecule has 9 heteroatoms. The van der Waals surface area contributed by atoms with Crippen LogP contribution in [0.15, 0.2) is 47.4 Å². The molecule has 0 bridgehead atoms. The van der Waals surface area contributed by atoms with Gasteiger partial charge in [0.2, 0.25) is 15.9 Å². The highest BCUT2D eigenvalue weighted by Gasteiger charge is 2.26. The lowest BCUT2D eigenvalue weighted by Crippen LogP contribution is -2.37. The molecular formula is C17H18Cl2N2O4S. The number of nitrogens with zero attached hydrogens (tertiary/aromatic N) is 1. The molecule has 0 saturated heterocycles. The maximum Gasteiger partial charge on any atom is 0.243 e. The number of halogens is 2. The summed E-state index contributed by atoms with van der Waals surface area (Å²) >= 11 is 11.7. The van der Waals surface area contributed by atoms with E-state index in [1.165, 1.54) is 25.3 Å². The second-order valence-corrected chi connectivity index (χ2v) is 8.04. The Balaban J connectivity index is 2.16. The van der Waals surface area contributed by atoms with Crippen LogP contribution < -0.4 is 10.1 Å². The standard InChI is InChI=1S/C17H18Cl2N2O4S/c1-3-21(26(23,24)14-7-8-15(18)16(19)10-14)11-17(22)20-12-5-4-6-13(9-12)25-2/h4-10H,3,11H2,1-2H3,(H,20,22). The summed E-state index contributed by atoms with van der Waals surface area (Å²) in [6.07, 6.45) is 0. The number of carbonyl (C=O) groups excluding carboxylic acids is 1. The number of carbonyl (C=O) groups is 1. The molecule has 0 aliphatic heterocycles. The van der Waals surface area contributed by atoms with Gasteiger partial charge >= 0.3 is 0 Å². The molecule has 2 aromatic rings. The molecule has 0 aliphatic carbocycles. The average Bonchev–Trinajstić information content (AvgIpc) is 2.61. The van der Waals surface area contributed by atoms with Gasteiger partial charge in [-0.3, -0.25) is 4.79 Å². The number of hydrogen-bond donors (Lipinski definition) is 1. The van der Waals surface area contributed by atoms with E-state index < -0.39 is 15.9 Å². The Bertz CT molecular complexity index is 903. The SMILES string of the molecule is CCN(CC(=O)Nc1cccc(OC)c1)S(=O)(=O)c1ccc(Cl)c(Cl)c1. The summed E-state index contributed by atoms with van der Waals surface area (Å²) < 4.78 is 31.6. The highest BCUT2D eigenvalue weighted by Crippen LogP contribution is 2.26. The zero-order chi connectivity index (χ0) is 19.3. The van der Waals surface area contributed by atoms with E-state index in [2.05, 4.69) is 5.32 Å². The largest absolute Gasteiger partial charge is 0.497 e. The van der Waals surface area contributed by atoms with Gasteiger partial charge in [0.05, 0.1) is 28.6 Å². The molecule has 0 unspecified atom stereocenters. The summed E-state index contributed by atoms with van der Waals surface area (Å²) in [5.74, 6) is 0.113. The van der Waals surface area contributed by atoms with Crippen LogP contribution in [0, 0.1) is 0 Å². The fourth-order valence-electron chi connectivity index (χ4n) is 2.21. The van der Waals surface area contributed by atoms with Crippen molar-refractivity contribution in [2.75, 3.05) is 25.5 Å². The summed E-state index contributed by atoms with van der Waals surface area (Å²) in [5, 5.41) is 3.04. The Hall–Kier alpha value is -1.80. The molecule has 1 amide bonds. The minimum absolute atomic E-state index is 0.0251.